The minimum Gasteiger partial charge on any atom is -0.493 e. The number of fused-ring (bicyclic) bond motifs is 1. The Morgan fingerprint density at radius 2 is 1.97 bits per heavy atom. The normalized spacial score (nSPS) is 17.2. The number of alkyl halides is 2. The second kappa shape index (κ2) is 10.3. The van der Waals surface area contributed by atoms with E-state index in [1.807, 2.05) is 0 Å². The lowest BCUT2D eigenvalue weighted by molar-refractivity contribution is -0.170. The Morgan fingerprint density at radius 1 is 1.22 bits per heavy atom. The third-order valence-corrected chi connectivity index (χ3v) is 6.55. The van der Waals surface area contributed by atoms with Crippen molar-refractivity contribution in [1.82, 2.24) is 9.97 Å². The van der Waals surface area contributed by atoms with Crippen molar-refractivity contribution in [2.45, 2.75) is 51.7 Å². The number of aliphatic hydroxyl groups is 1. The monoisotopic (exact) mass is 519 g/mol. The lowest BCUT2D eigenvalue weighted by atomic mass is 9.91. The molecule has 3 aromatic rings. The Bertz CT molecular complexity index is 1270. The van der Waals surface area contributed by atoms with Crippen LogP contribution in [0, 0.1) is 18.7 Å². The van der Waals surface area contributed by atoms with Crippen LogP contribution in [0.15, 0.2) is 30.3 Å². The fourth-order valence-electron chi connectivity index (χ4n) is 4.30. The van der Waals surface area contributed by atoms with Crippen molar-refractivity contribution < 1.29 is 32.5 Å². The van der Waals surface area contributed by atoms with Crippen molar-refractivity contribution >= 4 is 16.7 Å². The maximum atomic E-state index is 15.3. The third-order valence-electron chi connectivity index (χ3n) is 6.55. The molecule has 0 amide bonds. The molecule has 10 heteroatoms. The van der Waals surface area contributed by atoms with Gasteiger partial charge in [-0.1, -0.05) is 12.1 Å². The van der Waals surface area contributed by atoms with Crippen molar-refractivity contribution in [1.29, 1.82) is 0 Å². The number of anilines is 1. The summed E-state index contributed by atoms with van der Waals surface area (Å²) < 4.78 is 61.9. The molecule has 2 N–H and O–H groups in total. The summed E-state index contributed by atoms with van der Waals surface area (Å²) in [5.74, 6) is -2.73. The SMILES string of the molecule is COc1cc2nc(C)nc(N[C@H](C)c3cccc(C(F)(F)C(C)(C)O)c3F)c2cc1OC[C@H]1CCOC1. The van der Waals surface area contributed by atoms with Gasteiger partial charge in [0.2, 0.25) is 0 Å². The highest BCUT2D eigenvalue weighted by atomic mass is 19.3. The molecule has 0 saturated carbocycles. The fraction of sp³-hybridized carbons (Fsp3) is 0.481. The molecule has 1 aliphatic rings. The number of benzene rings is 2. The van der Waals surface area contributed by atoms with E-state index in [9.17, 15) is 13.9 Å². The summed E-state index contributed by atoms with van der Waals surface area (Å²) in [5, 5.41) is 13.7. The number of rotatable bonds is 9. The van der Waals surface area contributed by atoms with Crippen LogP contribution in [0.1, 0.15) is 50.2 Å². The van der Waals surface area contributed by atoms with Gasteiger partial charge in [0.15, 0.2) is 11.5 Å². The molecular formula is C27H32F3N3O4. The van der Waals surface area contributed by atoms with E-state index in [2.05, 4.69) is 15.3 Å². The average Bonchev–Trinajstić information content (AvgIpc) is 3.35. The van der Waals surface area contributed by atoms with E-state index < -0.39 is 28.9 Å². The topological polar surface area (TPSA) is 85.7 Å². The maximum Gasteiger partial charge on any atom is 0.303 e. The van der Waals surface area contributed by atoms with E-state index in [0.717, 1.165) is 26.3 Å². The van der Waals surface area contributed by atoms with Gasteiger partial charge in [-0.3, -0.25) is 0 Å². The van der Waals surface area contributed by atoms with Crippen LogP contribution in [0.3, 0.4) is 0 Å². The molecule has 1 saturated heterocycles. The molecule has 1 aliphatic heterocycles. The van der Waals surface area contributed by atoms with Crippen LogP contribution in [0.5, 0.6) is 11.5 Å². The first kappa shape index (κ1) is 26.9. The van der Waals surface area contributed by atoms with Crippen molar-refractivity contribution in [3.8, 4) is 11.5 Å². The first-order valence-electron chi connectivity index (χ1n) is 12.1. The highest BCUT2D eigenvalue weighted by Gasteiger charge is 2.49. The van der Waals surface area contributed by atoms with Gasteiger partial charge in [0.25, 0.3) is 0 Å². The molecule has 0 unspecified atom stereocenters. The molecule has 200 valence electrons. The number of hydrogen-bond acceptors (Lipinski definition) is 7. The van der Waals surface area contributed by atoms with Gasteiger partial charge in [-0.25, -0.2) is 14.4 Å². The summed E-state index contributed by atoms with van der Waals surface area (Å²) in [7, 11) is 1.54. The van der Waals surface area contributed by atoms with Crippen molar-refractivity contribution in [3.05, 3.63) is 53.1 Å². The summed E-state index contributed by atoms with van der Waals surface area (Å²) in [6.07, 6.45) is 0.916. The van der Waals surface area contributed by atoms with Crippen LogP contribution in [-0.2, 0) is 10.7 Å². The van der Waals surface area contributed by atoms with Crippen LogP contribution < -0.4 is 14.8 Å². The molecule has 2 heterocycles. The summed E-state index contributed by atoms with van der Waals surface area (Å²) in [6.45, 7) is 7.07. The Kier molecular flexibility index (Phi) is 7.52. The Labute approximate surface area is 214 Å². The lowest BCUT2D eigenvalue weighted by Gasteiger charge is -2.30. The lowest BCUT2D eigenvalue weighted by Crippen LogP contribution is -2.41. The summed E-state index contributed by atoms with van der Waals surface area (Å²) in [5.41, 5.74) is -2.72. The van der Waals surface area contributed by atoms with Crippen LogP contribution in [0.25, 0.3) is 10.9 Å². The Morgan fingerprint density at radius 3 is 2.62 bits per heavy atom. The van der Waals surface area contributed by atoms with E-state index in [4.69, 9.17) is 14.2 Å². The zero-order valence-corrected chi connectivity index (χ0v) is 21.6. The predicted molar refractivity (Wildman–Crippen MR) is 134 cm³/mol. The quantitative estimate of drug-likeness (QED) is 0.384. The van der Waals surface area contributed by atoms with Crippen molar-refractivity contribution in [2.75, 3.05) is 32.2 Å². The highest BCUT2D eigenvalue weighted by molar-refractivity contribution is 5.92. The number of hydrogen-bond donors (Lipinski definition) is 2. The smallest absolute Gasteiger partial charge is 0.303 e. The number of nitrogens with one attached hydrogen (secondary N) is 1. The molecular weight excluding hydrogens is 487 g/mol. The van der Waals surface area contributed by atoms with Crippen LogP contribution in [0.2, 0.25) is 0 Å². The predicted octanol–water partition coefficient (Wildman–Crippen LogP) is 5.54. The number of ether oxygens (including phenoxy) is 3. The molecule has 2 aromatic carbocycles. The minimum atomic E-state index is -3.79. The molecule has 0 bridgehead atoms. The number of nitrogens with zero attached hydrogens (tertiary/aromatic N) is 2. The first-order chi connectivity index (χ1) is 17.4. The van der Waals surface area contributed by atoms with Gasteiger partial charge < -0.3 is 24.6 Å². The molecule has 1 aromatic heterocycles. The molecule has 0 radical (unpaired) electrons. The van der Waals surface area contributed by atoms with Gasteiger partial charge in [-0.15, -0.1) is 0 Å². The number of halogens is 3. The van der Waals surface area contributed by atoms with Crippen LogP contribution >= 0.6 is 0 Å². The van der Waals surface area contributed by atoms with E-state index in [1.165, 1.54) is 12.1 Å². The molecule has 4 rings (SSSR count). The maximum absolute atomic E-state index is 15.3. The molecule has 1 fully saturated rings. The molecule has 0 aliphatic carbocycles. The number of methoxy groups -OCH3 is 1. The van der Waals surface area contributed by atoms with E-state index in [1.54, 1.807) is 33.1 Å². The standard InChI is InChI=1S/C27H32F3N3O4/c1-15(18-7-6-8-20(24(18)28)27(29,30)26(3,4)34)31-25-19-11-23(37-14-17-9-10-36-13-17)22(35-5)12-21(19)32-16(2)33-25/h6-8,11-12,15,17,34H,9-10,13-14H2,1-5H3,(H,31,32,33)/t15-,17+/m1/s1. The zero-order chi connectivity index (χ0) is 27.0. The van der Waals surface area contributed by atoms with Gasteiger partial charge in [0.05, 0.1) is 37.4 Å². The van der Waals surface area contributed by atoms with E-state index in [-0.39, 0.29) is 11.5 Å². The van der Waals surface area contributed by atoms with Gasteiger partial charge in [0, 0.05) is 29.5 Å². The number of aryl methyl sites for hydroxylation is 1. The van der Waals surface area contributed by atoms with Crippen LogP contribution in [-0.4, -0.2) is 47.6 Å². The van der Waals surface area contributed by atoms with Gasteiger partial charge >= 0.3 is 5.92 Å². The number of aromatic nitrogens is 2. The Balaban J connectivity index is 1.69. The third kappa shape index (κ3) is 5.45. The molecule has 37 heavy (non-hydrogen) atoms. The van der Waals surface area contributed by atoms with Gasteiger partial charge in [-0.05, 0) is 46.2 Å². The first-order valence-corrected chi connectivity index (χ1v) is 12.1. The molecule has 0 spiro atoms. The fourth-order valence-corrected chi connectivity index (χ4v) is 4.30. The Hall–Kier alpha value is -3.11. The largest absolute Gasteiger partial charge is 0.493 e. The van der Waals surface area contributed by atoms with Gasteiger partial charge in [0.1, 0.15) is 23.1 Å². The van der Waals surface area contributed by atoms with E-state index in [0.29, 0.717) is 53.9 Å². The average molecular weight is 520 g/mol. The van der Waals surface area contributed by atoms with Crippen molar-refractivity contribution in [3.63, 3.8) is 0 Å². The molecule has 7 nitrogen and oxygen atoms in total. The second-order valence-corrected chi connectivity index (χ2v) is 9.89. The summed E-state index contributed by atoms with van der Waals surface area (Å²) >= 11 is 0. The molecule has 2 atom stereocenters. The van der Waals surface area contributed by atoms with E-state index >= 15 is 4.39 Å². The summed E-state index contributed by atoms with van der Waals surface area (Å²) in [6, 6.07) is 6.52. The zero-order valence-electron chi connectivity index (χ0n) is 21.6. The minimum absolute atomic E-state index is 0.0112. The summed E-state index contributed by atoms with van der Waals surface area (Å²) in [4.78, 5) is 8.98. The second-order valence-electron chi connectivity index (χ2n) is 9.89. The van der Waals surface area contributed by atoms with Crippen molar-refractivity contribution in [2.24, 2.45) is 5.92 Å². The van der Waals surface area contributed by atoms with Crippen LogP contribution in [0.4, 0.5) is 19.0 Å². The highest BCUT2D eigenvalue weighted by Crippen LogP contribution is 2.42. The van der Waals surface area contributed by atoms with Gasteiger partial charge in [-0.2, -0.15) is 8.78 Å².